The van der Waals surface area contributed by atoms with Gasteiger partial charge >= 0.3 is 0 Å². The van der Waals surface area contributed by atoms with Gasteiger partial charge in [-0.25, -0.2) is 4.39 Å². The molecule has 1 saturated heterocycles. The van der Waals surface area contributed by atoms with Crippen molar-refractivity contribution in [3.8, 4) is 0 Å². The summed E-state index contributed by atoms with van der Waals surface area (Å²) in [6.07, 6.45) is 1.53. The summed E-state index contributed by atoms with van der Waals surface area (Å²) in [6.45, 7) is 0.381. The van der Waals surface area contributed by atoms with E-state index < -0.39 is 11.5 Å². The molecule has 0 saturated carbocycles. The highest BCUT2D eigenvalue weighted by Crippen LogP contribution is 2.19. The summed E-state index contributed by atoms with van der Waals surface area (Å²) in [6, 6.07) is -0.241. The van der Waals surface area contributed by atoms with Gasteiger partial charge in [-0.3, -0.25) is 4.79 Å². The first-order valence-corrected chi connectivity index (χ1v) is 4.30. The smallest absolute Gasteiger partial charge is 0.273 e. The van der Waals surface area contributed by atoms with Gasteiger partial charge in [0, 0.05) is 6.54 Å². The Bertz CT molecular complexity index is 177. The summed E-state index contributed by atoms with van der Waals surface area (Å²) in [5, 5.41) is 8.81. The molecule has 0 bridgehead atoms. The van der Waals surface area contributed by atoms with Crippen LogP contribution in [0, 0.1) is 0 Å². The van der Waals surface area contributed by atoms with Crippen molar-refractivity contribution in [2.75, 3.05) is 13.2 Å². The number of hydrogen-bond donors (Lipinski definition) is 1. The molecule has 5 heteroatoms. The van der Waals surface area contributed by atoms with Gasteiger partial charge in [-0.2, -0.15) is 0 Å². The zero-order valence-corrected chi connectivity index (χ0v) is 7.30. The molecule has 1 heterocycles. The van der Waals surface area contributed by atoms with Crippen molar-refractivity contribution in [2.24, 2.45) is 0 Å². The SMILES string of the molecule is O=C(C(F)Cl)N1CCC[C@H]1CO. The highest BCUT2D eigenvalue weighted by atomic mass is 35.5. The summed E-state index contributed by atoms with van der Waals surface area (Å²) in [7, 11) is 0. The standard InChI is InChI=1S/C7H11ClFNO2/c8-6(9)7(12)10-3-1-2-5(10)4-11/h5-6,11H,1-4H2/t5-,6?/m0/s1. The third-order valence-corrected chi connectivity index (χ3v) is 2.24. The third-order valence-electron chi connectivity index (χ3n) is 2.06. The Kier molecular flexibility index (Phi) is 3.29. The van der Waals surface area contributed by atoms with Gasteiger partial charge in [0.1, 0.15) is 0 Å². The fourth-order valence-corrected chi connectivity index (χ4v) is 1.57. The highest BCUT2D eigenvalue weighted by molar-refractivity contribution is 6.29. The number of carbonyl (C=O) groups excluding carboxylic acids is 1. The van der Waals surface area contributed by atoms with Crippen LogP contribution < -0.4 is 0 Å². The molecule has 0 aromatic carbocycles. The van der Waals surface area contributed by atoms with E-state index in [-0.39, 0.29) is 12.6 Å². The van der Waals surface area contributed by atoms with Gasteiger partial charge in [-0.05, 0) is 12.8 Å². The van der Waals surface area contributed by atoms with Crippen molar-refractivity contribution in [1.82, 2.24) is 4.90 Å². The Labute approximate surface area is 75.1 Å². The van der Waals surface area contributed by atoms with Crippen molar-refractivity contribution >= 4 is 17.5 Å². The lowest BCUT2D eigenvalue weighted by atomic mass is 10.2. The number of nitrogens with zero attached hydrogens (tertiary/aromatic N) is 1. The van der Waals surface area contributed by atoms with Crippen LogP contribution in [0.4, 0.5) is 4.39 Å². The van der Waals surface area contributed by atoms with Crippen LogP contribution in [0.25, 0.3) is 0 Å². The van der Waals surface area contributed by atoms with Gasteiger partial charge < -0.3 is 10.0 Å². The van der Waals surface area contributed by atoms with Crippen molar-refractivity contribution in [1.29, 1.82) is 0 Å². The molecule has 0 aromatic heterocycles. The van der Waals surface area contributed by atoms with Crippen LogP contribution in [0.15, 0.2) is 0 Å². The summed E-state index contributed by atoms with van der Waals surface area (Å²) < 4.78 is 12.3. The van der Waals surface area contributed by atoms with Crippen LogP contribution >= 0.6 is 11.6 Å². The molecule has 0 radical (unpaired) electrons. The van der Waals surface area contributed by atoms with Crippen LogP contribution in [-0.2, 0) is 4.79 Å². The molecule has 0 aliphatic carbocycles. The van der Waals surface area contributed by atoms with Gasteiger partial charge in [0.2, 0.25) is 0 Å². The normalized spacial score (nSPS) is 25.9. The molecule has 1 aliphatic heterocycles. The molecule has 1 fully saturated rings. The summed E-state index contributed by atoms with van der Waals surface area (Å²) in [4.78, 5) is 12.3. The second-order valence-corrected chi connectivity index (χ2v) is 3.19. The minimum Gasteiger partial charge on any atom is -0.394 e. The molecule has 70 valence electrons. The Morgan fingerprint density at radius 3 is 3.00 bits per heavy atom. The lowest BCUT2D eigenvalue weighted by molar-refractivity contribution is -0.135. The molecule has 1 amide bonds. The van der Waals surface area contributed by atoms with Crippen LogP contribution in [0.5, 0.6) is 0 Å². The van der Waals surface area contributed by atoms with Crippen LogP contribution in [0.1, 0.15) is 12.8 Å². The maximum atomic E-state index is 12.3. The van der Waals surface area contributed by atoms with Gasteiger partial charge in [-0.1, -0.05) is 11.6 Å². The van der Waals surface area contributed by atoms with Gasteiger partial charge in [-0.15, -0.1) is 0 Å². The maximum absolute atomic E-state index is 12.3. The molecule has 1 N–H and O–H groups in total. The molecule has 1 rings (SSSR count). The van der Waals surface area contributed by atoms with Gasteiger partial charge in [0.25, 0.3) is 11.5 Å². The molecular formula is C7H11ClFNO2. The van der Waals surface area contributed by atoms with Crippen LogP contribution in [-0.4, -0.2) is 40.7 Å². The van der Waals surface area contributed by atoms with E-state index in [0.717, 1.165) is 12.8 Å². The quantitative estimate of drug-likeness (QED) is 0.652. The zero-order valence-electron chi connectivity index (χ0n) is 6.54. The second kappa shape index (κ2) is 4.05. The molecule has 1 unspecified atom stereocenters. The van der Waals surface area contributed by atoms with Crippen LogP contribution in [0.2, 0.25) is 0 Å². The van der Waals surface area contributed by atoms with Gasteiger partial charge in [0.15, 0.2) is 0 Å². The predicted octanol–water partition coefficient (Wildman–Crippen LogP) is 0.504. The first-order valence-electron chi connectivity index (χ1n) is 3.86. The second-order valence-electron chi connectivity index (χ2n) is 2.81. The van der Waals surface area contributed by atoms with E-state index in [1.807, 2.05) is 0 Å². The largest absolute Gasteiger partial charge is 0.394 e. The number of hydrogen-bond acceptors (Lipinski definition) is 2. The lowest BCUT2D eigenvalue weighted by Gasteiger charge is -2.22. The molecule has 0 spiro atoms. The van der Waals surface area contributed by atoms with E-state index in [4.69, 9.17) is 16.7 Å². The van der Waals surface area contributed by atoms with E-state index in [0.29, 0.717) is 6.54 Å². The first kappa shape index (κ1) is 9.74. The molecule has 0 aromatic rings. The summed E-state index contributed by atoms with van der Waals surface area (Å²) >= 11 is 4.99. The zero-order chi connectivity index (χ0) is 9.14. The van der Waals surface area contributed by atoms with E-state index in [2.05, 4.69) is 0 Å². The molecular weight excluding hydrogens is 185 g/mol. The fraction of sp³-hybridized carbons (Fsp3) is 0.857. The topological polar surface area (TPSA) is 40.5 Å². The fourth-order valence-electron chi connectivity index (χ4n) is 1.44. The number of carbonyl (C=O) groups is 1. The highest BCUT2D eigenvalue weighted by Gasteiger charge is 2.31. The predicted molar refractivity (Wildman–Crippen MR) is 42.6 cm³/mol. The summed E-state index contributed by atoms with van der Waals surface area (Å²) in [5.74, 6) is -0.729. The summed E-state index contributed by atoms with van der Waals surface area (Å²) in [5.41, 5.74) is -1.97. The molecule has 2 atom stereocenters. The van der Waals surface area contributed by atoms with E-state index in [9.17, 15) is 9.18 Å². The van der Waals surface area contributed by atoms with Crippen molar-refractivity contribution in [3.05, 3.63) is 0 Å². The van der Waals surface area contributed by atoms with E-state index in [1.165, 1.54) is 4.90 Å². The van der Waals surface area contributed by atoms with E-state index >= 15 is 0 Å². The van der Waals surface area contributed by atoms with Crippen molar-refractivity contribution < 1.29 is 14.3 Å². The molecule has 1 aliphatic rings. The lowest BCUT2D eigenvalue weighted by Crippen LogP contribution is -2.40. The first-order chi connectivity index (χ1) is 5.66. The number of aliphatic hydroxyl groups is 1. The minimum atomic E-state index is -1.97. The number of aliphatic hydroxyl groups excluding tert-OH is 1. The van der Waals surface area contributed by atoms with Crippen molar-refractivity contribution in [3.63, 3.8) is 0 Å². The van der Waals surface area contributed by atoms with Crippen molar-refractivity contribution in [2.45, 2.75) is 24.5 Å². The Balaban J connectivity index is 2.55. The molecule has 12 heavy (non-hydrogen) atoms. The Morgan fingerprint density at radius 2 is 2.50 bits per heavy atom. The molecule has 3 nitrogen and oxygen atoms in total. The monoisotopic (exact) mass is 195 g/mol. The Morgan fingerprint density at radius 1 is 1.83 bits per heavy atom. The maximum Gasteiger partial charge on any atom is 0.273 e. The number of amides is 1. The van der Waals surface area contributed by atoms with E-state index in [1.54, 1.807) is 0 Å². The minimum absolute atomic E-state index is 0.116. The number of rotatable bonds is 2. The van der Waals surface area contributed by atoms with Crippen LogP contribution in [0.3, 0.4) is 0 Å². The van der Waals surface area contributed by atoms with Gasteiger partial charge in [0.05, 0.1) is 12.6 Å². The average Bonchev–Trinajstić information content (AvgIpc) is 2.49. The average molecular weight is 196 g/mol. The number of halogens is 2. The number of likely N-dealkylation sites (tertiary alicyclic amines) is 1. The number of alkyl halides is 2. The third kappa shape index (κ3) is 1.87. The Hall–Kier alpha value is -0.350.